The number of amides is 1. The summed E-state index contributed by atoms with van der Waals surface area (Å²) >= 11 is 5.79. The lowest BCUT2D eigenvalue weighted by Crippen LogP contribution is -2.53. The van der Waals surface area contributed by atoms with Crippen molar-refractivity contribution in [2.24, 2.45) is 5.14 Å². The third-order valence-corrected chi connectivity index (χ3v) is 7.09. The molecule has 5 nitrogen and oxygen atoms in total. The van der Waals surface area contributed by atoms with E-state index in [1.165, 1.54) is 6.07 Å². The molecular weight excluding hydrogens is 441 g/mol. The van der Waals surface area contributed by atoms with E-state index in [1.807, 2.05) is 6.92 Å². The number of unbranched alkanes of at least 4 members (excludes halogenated alkanes) is 3. The van der Waals surface area contributed by atoms with Gasteiger partial charge in [0.15, 0.2) is 0 Å². The number of hydrogen-bond acceptors (Lipinski definition) is 3. The Labute approximate surface area is 180 Å². The SMILES string of the molecule is CCCCCCC(=O)N(c1ccc(Cl)cc1C(F)(F)F)C1CCCCC1S(N)(=O)=O. The summed E-state index contributed by atoms with van der Waals surface area (Å²) in [5.41, 5.74) is -1.43. The summed E-state index contributed by atoms with van der Waals surface area (Å²) in [6, 6.07) is 2.24. The van der Waals surface area contributed by atoms with E-state index in [-0.39, 0.29) is 30.0 Å². The van der Waals surface area contributed by atoms with Crippen LogP contribution in [-0.2, 0) is 21.0 Å². The quantitative estimate of drug-likeness (QED) is 0.528. The van der Waals surface area contributed by atoms with Gasteiger partial charge in [-0.3, -0.25) is 4.79 Å². The smallest absolute Gasteiger partial charge is 0.307 e. The fraction of sp³-hybridized carbons (Fsp3) is 0.650. The number of anilines is 1. The molecule has 2 rings (SSSR count). The van der Waals surface area contributed by atoms with Crippen LogP contribution in [0.1, 0.15) is 70.3 Å². The van der Waals surface area contributed by atoms with Gasteiger partial charge in [0.2, 0.25) is 15.9 Å². The Bertz CT molecular complexity index is 846. The van der Waals surface area contributed by atoms with Gasteiger partial charge in [0, 0.05) is 11.4 Å². The molecule has 1 aliphatic rings. The Kier molecular flexibility index (Phi) is 8.59. The summed E-state index contributed by atoms with van der Waals surface area (Å²) < 4.78 is 65.7. The summed E-state index contributed by atoms with van der Waals surface area (Å²) in [4.78, 5) is 14.2. The summed E-state index contributed by atoms with van der Waals surface area (Å²) in [5.74, 6) is -0.528. The Morgan fingerprint density at radius 2 is 1.87 bits per heavy atom. The summed E-state index contributed by atoms with van der Waals surface area (Å²) in [6.45, 7) is 2.01. The number of alkyl halides is 3. The number of rotatable bonds is 8. The van der Waals surface area contributed by atoms with Crippen molar-refractivity contribution in [1.29, 1.82) is 0 Å². The Balaban J connectivity index is 2.53. The van der Waals surface area contributed by atoms with Crippen LogP contribution in [-0.4, -0.2) is 25.6 Å². The van der Waals surface area contributed by atoms with Crippen LogP contribution in [0.2, 0.25) is 5.02 Å². The average Bonchev–Trinajstić information content (AvgIpc) is 2.65. The van der Waals surface area contributed by atoms with Gasteiger partial charge in [-0.25, -0.2) is 13.6 Å². The molecule has 0 bridgehead atoms. The van der Waals surface area contributed by atoms with Crippen molar-refractivity contribution in [2.45, 2.75) is 82.2 Å². The largest absolute Gasteiger partial charge is 0.418 e. The molecule has 0 saturated heterocycles. The zero-order valence-electron chi connectivity index (χ0n) is 16.9. The van der Waals surface area contributed by atoms with Crippen molar-refractivity contribution < 1.29 is 26.4 Å². The van der Waals surface area contributed by atoms with E-state index in [4.69, 9.17) is 16.7 Å². The molecule has 1 saturated carbocycles. The number of halogens is 4. The highest BCUT2D eigenvalue weighted by atomic mass is 35.5. The molecule has 1 aromatic carbocycles. The zero-order valence-corrected chi connectivity index (χ0v) is 18.5. The molecule has 1 aliphatic carbocycles. The van der Waals surface area contributed by atoms with Crippen LogP contribution in [0.4, 0.5) is 18.9 Å². The third-order valence-electron chi connectivity index (χ3n) is 5.46. The predicted octanol–water partition coefficient (Wildman–Crippen LogP) is 5.26. The highest BCUT2D eigenvalue weighted by Gasteiger charge is 2.43. The number of carbonyl (C=O) groups is 1. The number of sulfonamides is 1. The van der Waals surface area contributed by atoms with Gasteiger partial charge < -0.3 is 4.90 Å². The van der Waals surface area contributed by atoms with Crippen LogP contribution in [0, 0.1) is 0 Å². The number of carbonyl (C=O) groups excluding carboxylic acids is 1. The maximum Gasteiger partial charge on any atom is 0.418 e. The third kappa shape index (κ3) is 6.34. The summed E-state index contributed by atoms with van der Waals surface area (Å²) in [5, 5.41) is 4.17. The minimum absolute atomic E-state index is 0.0355. The van der Waals surface area contributed by atoms with E-state index >= 15 is 0 Å². The van der Waals surface area contributed by atoms with Crippen molar-refractivity contribution in [3.63, 3.8) is 0 Å². The predicted molar refractivity (Wildman–Crippen MR) is 112 cm³/mol. The average molecular weight is 469 g/mol. The topological polar surface area (TPSA) is 80.5 Å². The molecule has 10 heteroatoms. The van der Waals surface area contributed by atoms with E-state index < -0.39 is 39.0 Å². The molecule has 2 N–H and O–H groups in total. The Morgan fingerprint density at radius 1 is 1.20 bits per heavy atom. The van der Waals surface area contributed by atoms with Gasteiger partial charge in [-0.1, -0.05) is 50.6 Å². The van der Waals surface area contributed by atoms with Gasteiger partial charge in [-0.05, 0) is 37.5 Å². The lowest BCUT2D eigenvalue weighted by atomic mass is 9.92. The van der Waals surface area contributed by atoms with Gasteiger partial charge in [0.1, 0.15) is 0 Å². The molecule has 0 aromatic heterocycles. The standard InChI is InChI=1S/C20H28ClF3N2O3S/c1-2-3-4-5-10-19(27)26(17-8-6-7-9-18(17)30(25,28)29)16-12-11-14(21)13-15(16)20(22,23)24/h11-13,17-18H,2-10H2,1H3,(H2,25,28,29). The molecule has 1 fully saturated rings. The number of hydrogen-bond donors (Lipinski definition) is 1. The lowest BCUT2D eigenvalue weighted by molar-refractivity contribution is -0.137. The maximum absolute atomic E-state index is 13.8. The number of nitrogens with zero attached hydrogens (tertiary/aromatic N) is 1. The molecule has 1 amide bonds. The normalized spacial score (nSPS) is 20.2. The second kappa shape index (κ2) is 10.3. The molecule has 1 aromatic rings. The van der Waals surface area contributed by atoms with Crippen LogP contribution in [0.3, 0.4) is 0 Å². The van der Waals surface area contributed by atoms with Crippen LogP contribution < -0.4 is 10.0 Å². The molecular formula is C20H28ClF3N2O3S. The van der Waals surface area contributed by atoms with Gasteiger partial charge in [-0.15, -0.1) is 0 Å². The molecule has 2 atom stereocenters. The minimum atomic E-state index is -4.76. The second-order valence-electron chi connectivity index (χ2n) is 7.71. The molecule has 0 radical (unpaired) electrons. The first-order valence-corrected chi connectivity index (χ1v) is 12.2. The van der Waals surface area contributed by atoms with Crippen LogP contribution >= 0.6 is 11.6 Å². The van der Waals surface area contributed by atoms with Gasteiger partial charge in [0.05, 0.1) is 22.5 Å². The van der Waals surface area contributed by atoms with E-state index in [9.17, 15) is 26.4 Å². The Hall–Kier alpha value is -1.32. The number of benzene rings is 1. The molecule has 30 heavy (non-hydrogen) atoms. The Morgan fingerprint density at radius 3 is 2.47 bits per heavy atom. The van der Waals surface area contributed by atoms with Crippen molar-refractivity contribution in [3.8, 4) is 0 Å². The van der Waals surface area contributed by atoms with Crippen molar-refractivity contribution >= 4 is 33.2 Å². The van der Waals surface area contributed by atoms with Gasteiger partial charge in [0.25, 0.3) is 0 Å². The van der Waals surface area contributed by atoms with Crippen molar-refractivity contribution in [3.05, 3.63) is 28.8 Å². The van der Waals surface area contributed by atoms with Crippen molar-refractivity contribution in [2.75, 3.05) is 4.90 Å². The van der Waals surface area contributed by atoms with E-state index in [2.05, 4.69) is 0 Å². The zero-order chi connectivity index (χ0) is 22.5. The minimum Gasteiger partial charge on any atom is -0.307 e. The molecule has 0 aliphatic heterocycles. The van der Waals surface area contributed by atoms with E-state index in [0.717, 1.165) is 36.3 Å². The molecule has 0 heterocycles. The number of primary sulfonamides is 1. The van der Waals surface area contributed by atoms with Crippen LogP contribution in [0.25, 0.3) is 0 Å². The second-order valence-corrected chi connectivity index (χ2v) is 9.93. The van der Waals surface area contributed by atoms with Gasteiger partial charge >= 0.3 is 6.18 Å². The van der Waals surface area contributed by atoms with Crippen molar-refractivity contribution in [1.82, 2.24) is 0 Å². The number of nitrogens with two attached hydrogens (primary N) is 1. The fourth-order valence-electron chi connectivity index (χ4n) is 4.02. The lowest BCUT2D eigenvalue weighted by Gasteiger charge is -2.40. The highest BCUT2D eigenvalue weighted by Crippen LogP contribution is 2.41. The monoisotopic (exact) mass is 468 g/mol. The van der Waals surface area contributed by atoms with Gasteiger partial charge in [-0.2, -0.15) is 13.2 Å². The van der Waals surface area contributed by atoms with E-state index in [1.54, 1.807) is 0 Å². The van der Waals surface area contributed by atoms with E-state index in [0.29, 0.717) is 19.3 Å². The fourth-order valence-corrected chi connectivity index (χ4v) is 5.39. The highest BCUT2D eigenvalue weighted by molar-refractivity contribution is 7.89. The summed E-state index contributed by atoms with van der Waals surface area (Å²) in [7, 11) is -4.05. The molecule has 2 unspecified atom stereocenters. The molecule has 170 valence electrons. The first-order valence-electron chi connectivity index (χ1n) is 10.2. The van der Waals surface area contributed by atoms with Crippen LogP contribution in [0.15, 0.2) is 18.2 Å². The summed E-state index contributed by atoms with van der Waals surface area (Å²) in [6.07, 6.45) is 0.0834. The molecule has 0 spiro atoms. The maximum atomic E-state index is 13.8. The van der Waals surface area contributed by atoms with Crippen LogP contribution in [0.5, 0.6) is 0 Å². The first-order chi connectivity index (χ1) is 14.0. The first kappa shape index (κ1) is 24.9.